The first-order valence-corrected chi connectivity index (χ1v) is 12.2. The van der Waals surface area contributed by atoms with E-state index in [1.54, 1.807) is 0 Å². The molecule has 4 heteroatoms. The molecule has 0 spiro atoms. The summed E-state index contributed by atoms with van der Waals surface area (Å²) >= 11 is 0. The standard InChI is InChI=1S/C29H36N2O2/c1-3-5-9-24(4-2)29(28(30)32,25-10-7-6-8-11-25)26-15-18-31(21-26)17-14-22-12-13-27-23(20-22)16-19-33-27/h4-13,20,26H,3,14-19,21H2,1-2H3,(H2,30,32)/b9-5-,24-4+. The van der Waals surface area contributed by atoms with Gasteiger partial charge in [-0.2, -0.15) is 0 Å². The molecule has 0 bridgehead atoms. The summed E-state index contributed by atoms with van der Waals surface area (Å²) in [6, 6.07) is 16.7. The van der Waals surface area contributed by atoms with Gasteiger partial charge in [-0.1, -0.05) is 67.6 Å². The van der Waals surface area contributed by atoms with Crippen LogP contribution in [0.2, 0.25) is 0 Å². The Kier molecular flexibility index (Phi) is 7.34. The van der Waals surface area contributed by atoms with E-state index in [-0.39, 0.29) is 11.8 Å². The topological polar surface area (TPSA) is 55.6 Å². The molecule has 33 heavy (non-hydrogen) atoms. The molecule has 4 rings (SSSR count). The van der Waals surface area contributed by atoms with Crippen LogP contribution in [0.4, 0.5) is 0 Å². The number of ether oxygens (including phenoxy) is 1. The van der Waals surface area contributed by atoms with Crippen molar-refractivity contribution < 1.29 is 9.53 Å². The van der Waals surface area contributed by atoms with Crippen molar-refractivity contribution >= 4 is 5.91 Å². The molecular formula is C29H36N2O2. The predicted octanol–water partition coefficient (Wildman–Crippen LogP) is 4.82. The van der Waals surface area contributed by atoms with Gasteiger partial charge in [0.25, 0.3) is 0 Å². The minimum Gasteiger partial charge on any atom is -0.493 e. The van der Waals surface area contributed by atoms with Gasteiger partial charge in [0.05, 0.1) is 6.61 Å². The molecule has 4 nitrogen and oxygen atoms in total. The number of hydrogen-bond acceptors (Lipinski definition) is 3. The SMILES string of the molecule is C/C=C(\C=C/CC)C(C(N)=O)(c1ccccc1)C1CCN(CCc2ccc3c(c2)CCO3)C1. The maximum absolute atomic E-state index is 13.3. The van der Waals surface area contributed by atoms with Gasteiger partial charge < -0.3 is 15.4 Å². The van der Waals surface area contributed by atoms with E-state index in [2.05, 4.69) is 60.4 Å². The zero-order valence-electron chi connectivity index (χ0n) is 19.9. The Morgan fingerprint density at radius 3 is 2.79 bits per heavy atom. The second-order valence-corrected chi connectivity index (χ2v) is 9.17. The second-order valence-electron chi connectivity index (χ2n) is 9.17. The summed E-state index contributed by atoms with van der Waals surface area (Å²) in [4.78, 5) is 15.8. The van der Waals surface area contributed by atoms with Gasteiger partial charge in [-0.15, -0.1) is 0 Å². The zero-order chi connectivity index (χ0) is 23.3. The van der Waals surface area contributed by atoms with E-state index < -0.39 is 5.41 Å². The van der Waals surface area contributed by atoms with Crippen LogP contribution >= 0.6 is 0 Å². The zero-order valence-corrected chi connectivity index (χ0v) is 19.9. The number of amides is 1. The summed E-state index contributed by atoms with van der Waals surface area (Å²) in [7, 11) is 0. The first-order chi connectivity index (χ1) is 16.1. The summed E-state index contributed by atoms with van der Waals surface area (Å²) in [5, 5.41) is 0. The smallest absolute Gasteiger partial charge is 0.232 e. The van der Waals surface area contributed by atoms with E-state index >= 15 is 0 Å². The highest BCUT2D eigenvalue weighted by Crippen LogP contribution is 2.44. The summed E-state index contributed by atoms with van der Waals surface area (Å²) in [5.74, 6) is 0.916. The number of primary amides is 1. The number of rotatable bonds is 9. The predicted molar refractivity (Wildman–Crippen MR) is 134 cm³/mol. The van der Waals surface area contributed by atoms with Crippen LogP contribution in [0.3, 0.4) is 0 Å². The highest BCUT2D eigenvalue weighted by Gasteiger charge is 2.49. The second kappa shape index (κ2) is 10.4. The van der Waals surface area contributed by atoms with Crippen LogP contribution in [0.15, 0.2) is 72.3 Å². The van der Waals surface area contributed by atoms with Crippen molar-refractivity contribution in [3.63, 3.8) is 0 Å². The quantitative estimate of drug-likeness (QED) is 0.564. The maximum Gasteiger partial charge on any atom is 0.232 e. The Morgan fingerprint density at radius 2 is 2.06 bits per heavy atom. The fraction of sp³-hybridized carbons (Fsp3) is 0.414. The van der Waals surface area contributed by atoms with E-state index in [9.17, 15) is 4.79 Å². The van der Waals surface area contributed by atoms with E-state index in [1.807, 2.05) is 25.1 Å². The average molecular weight is 445 g/mol. The van der Waals surface area contributed by atoms with Gasteiger partial charge in [-0.25, -0.2) is 0 Å². The molecule has 1 amide bonds. The Balaban J connectivity index is 1.56. The van der Waals surface area contributed by atoms with Gasteiger partial charge in [0.1, 0.15) is 11.2 Å². The molecule has 0 saturated carbocycles. The van der Waals surface area contributed by atoms with Gasteiger partial charge in [0, 0.05) is 19.5 Å². The van der Waals surface area contributed by atoms with Crippen molar-refractivity contribution in [2.75, 3.05) is 26.2 Å². The van der Waals surface area contributed by atoms with E-state index in [0.29, 0.717) is 0 Å². The van der Waals surface area contributed by atoms with Crippen LogP contribution < -0.4 is 10.5 Å². The van der Waals surface area contributed by atoms with E-state index in [4.69, 9.17) is 10.5 Å². The maximum atomic E-state index is 13.3. The number of nitrogens with two attached hydrogens (primary N) is 1. The lowest BCUT2D eigenvalue weighted by molar-refractivity contribution is -0.123. The Bertz CT molecular complexity index is 1030. The number of carbonyl (C=O) groups is 1. The Labute approximate surface area is 198 Å². The summed E-state index contributed by atoms with van der Waals surface area (Å²) in [6.07, 6.45) is 10.2. The number of likely N-dealkylation sites (tertiary alicyclic amines) is 1. The van der Waals surface area contributed by atoms with Crippen molar-refractivity contribution in [2.24, 2.45) is 11.7 Å². The molecule has 2 N–H and O–H groups in total. The first-order valence-electron chi connectivity index (χ1n) is 12.2. The lowest BCUT2D eigenvalue weighted by Gasteiger charge is -2.38. The third-order valence-corrected chi connectivity index (χ3v) is 7.27. The minimum atomic E-state index is -0.818. The molecule has 0 aliphatic carbocycles. The molecule has 0 radical (unpaired) electrons. The Hall–Kier alpha value is -2.85. The first kappa shape index (κ1) is 23.3. The van der Waals surface area contributed by atoms with Gasteiger partial charge >= 0.3 is 0 Å². The molecule has 2 aromatic rings. The van der Waals surface area contributed by atoms with Crippen molar-refractivity contribution in [3.05, 3.63) is 89.0 Å². The van der Waals surface area contributed by atoms with Crippen LogP contribution in [0, 0.1) is 5.92 Å². The van der Waals surface area contributed by atoms with Crippen LogP contribution in [-0.4, -0.2) is 37.0 Å². The fourth-order valence-electron chi connectivity index (χ4n) is 5.60. The fourth-order valence-corrected chi connectivity index (χ4v) is 5.60. The van der Waals surface area contributed by atoms with Crippen LogP contribution in [-0.2, 0) is 23.1 Å². The molecule has 2 aromatic carbocycles. The molecule has 1 saturated heterocycles. The van der Waals surface area contributed by atoms with Gasteiger partial charge in [0.2, 0.25) is 5.91 Å². The monoisotopic (exact) mass is 444 g/mol. The molecule has 2 aliphatic rings. The van der Waals surface area contributed by atoms with E-state index in [1.165, 1.54) is 11.1 Å². The number of benzene rings is 2. The average Bonchev–Trinajstić information content (AvgIpc) is 3.50. The summed E-state index contributed by atoms with van der Waals surface area (Å²) < 4.78 is 5.64. The largest absolute Gasteiger partial charge is 0.493 e. The number of hydrogen-bond donors (Lipinski definition) is 1. The minimum absolute atomic E-state index is 0.138. The molecule has 2 unspecified atom stereocenters. The number of carbonyl (C=O) groups excluding carboxylic acids is 1. The third kappa shape index (κ3) is 4.63. The van der Waals surface area contributed by atoms with Gasteiger partial charge in [0.15, 0.2) is 0 Å². The molecule has 0 aromatic heterocycles. The third-order valence-electron chi connectivity index (χ3n) is 7.27. The highest BCUT2D eigenvalue weighted by atomic mass is 16.5. The lowest BCUT2D eigenvalue weighted by atomic mass is 9.64. The molecular weight excluding hydrogens is 408 g/mol. The lowest BCUT2D eigenvalue weighted by Crippen LogP contribution is -2.49. The van der Waals surface area contributed by atoms with Crippen molar-refractivity contribution in [1.82, 2.24) is 4.90 Å². The van der Waals surface area contributed by atoms with Crippen molar-refractivity contribution in [1.29, 1.82) is 0 Å². The van der Waals surface area contributed by atoms with Crippen LogP contribution in [0.25, 0.3) is 0 Å². The summed E-state index contributed by atoms with van der Waals surface area (Å²) in [5.41, 5.74) is 10.1. The number of nitrogens with zero attached hydrogens (tertiary/aromatic N) is 1. The van der Waals surface area contributed by atoms with Crippen LogP contribution in [0.1, 0.15) is 43.4 Å². The highest BCUT2D eigenvalue weighted by molar-refractivity contribution is 5.92. The van der Waals surface area contributed by atoms with Crippen molar-refractivity contribution in [3.8, 4) is 5.75 Å². The summed E-state index contributed by atoms with van der Waals surface area (Å²) in [6.45, 7) is 7.75. The molecule has 2 aliphatic heterocycles. The number of fused-ring (bicyclic) bond motifs is 1. The molecule has 1 fully saturated rings. The molecule has 174 valence electrons. The normalized spacial score (nSPS) is 20.5. The van der Waals surface area contributed by atoms with Gasteiger partial charge in [-0.05, 0) is 67.0 Å². The molecule has 2 heterocycles. The van der Waals surface area contributed by atoms with Crippen LogP contribution in [0.5, 0.6) is 5.75 Å². The number of allylic oxidation sites excluding steroid dienone is 3. The van der Waals surface area contributed by atoms with Gasteiger partial charge in [-0.3, -0.25) is 4.79 Å². The molecule has 2 atom stereocenters. The van der Waals surface area contributed by atoms with Crippen molar-refractivity contribution in [2.45, 2.75) is 44.9 Å². The Morgan fingerprint density at radius 1 is 1.24 bits per heavy atom. The van der Waals surface area contributed by atoms with E-state index in [0.717, 1.165) is 68.8 Å².